The van der Waals surface area contributed by atoms with Crippen LogP contribution in [-0.2, 0) is 27.2 Å². The minimum absolute atomic E-state index is 0.0786. The summed E-state index contributed by atoms with van der Waals surface area (Å²) < 4.78 is 0. The maximum atomic E-state index is 13.5. The second-order valence-electron chi connectivity index (χ2n) is 10.3. The maximum Gasteiger partial charge on any atom is 0.405 e. The number of rotatable bonds is 12. The molecule has 10 heteroatoms. The zero-order chi connectivity index (χ0) is 29.2. The first-order valence-electron chi connectivity index (χ1n) is 13.8. The van der Waals surface area contributed by atoms with Crippen LogP contribution in [0.25, 0.3) is 10.8 Å². The van der Waals surface area contributed by atoms with E-state index in [0.717, 1.165) is 28.3 Å². The molecule has 3 aromatic rings. The van der Waals surface area contributed by atoms with Crippen molar-refractivity contribution < 1.29 is 29.4 Å². The molecule has 1 aliphatic rings. The van der Waals surface area contributed by atoms with Crippen LogP contribution >= 0.6 is 0 Å². The minimum Gasteiger partial charge on any atom is -0.465 e. The van der Waals surface area contributed by atoms with Gasteiger partial charge < -0.3 is 31.5 Å². The summed E-state index contributed by atoms with van der Waals surface area (Å²) in [7, 11) is 0. The SMILES string of the molecule is O=C(O)NC(Cc1cccc2ccccc12)C(=O)NC(Cc1ccccc1)C(=O)NC(CO)CC1CCCNC1=O. The third kappa shape index (κ3) is 8.28. The number of carbonyl (C=O) groups is 4. The molecule has 41 heavy (non-hydrogen) atoms. The molecule has 6 N–H and O–H groups in total. The van der Waals surface area contributed by atoms with E-state index in [2.05, 4.69) is 21.3 Å². The Kier molecular flexibility index (Phi) is 10.3. The molecule has 1 fully saturated rings. The molecule has 1 saturated heterocycles. The first-order chi connectivity index (χ1) is 19.8. The predicted octanol–water partition coefficient (Wildman–Crippen LogP) is 2.14. The van der Waals surface area contributed by atoms with Crippen LogP contribution in [0.4, 0.5) is 4.79 Å². The van der Waals surface area contributed by atoms with Crippen molar-refractivity contribution in [1.29, 1.82) is 0 Å². The molecule has 1 heterocycles. The van der Waals surface area contributed by atoms with Crippen molar-refractivity contribution in [2.45, 2.75) is 50.2 Å². The Bertz CT molecular complexity index is 1360. The van der Waals surface area contributed by atoms with Crippen molar-refractivity contribution in [2.75, 3.05) is 13.2 Å². The first kappa shape index (κ1) is 29.5. The van der Waals surface area contributed by atoms with Crippen LogP contribution in [0.2, 0.25) is 0 Å². The molecule has 0 saturated carbocycles. The van der Waals surface area contributed by atoms with Crippen molar-refractivity contribution in [3.63, 3.8) is 0 Å². The van der Waals surface area contributed by atoms with E-state index in [1.807, 2.05) is 72.8 Å². The second-order valence-corrected chi connectivity index (χ2v) is 10.3. The second kappa shape index (κ2) is 14.3. The molecule has 10 nitrogen and oxygen atoms in total. The Morgan fingerprint density at radius 3 is 2.27 bits per heavy atom. The normalized spacial score (nSPS) is 17.1. The molecular formula is C31H36N4O6. The van der Waals surface area contributed by atoms with Gasteiger partial charge in [-0.25, -0.2) is 4.79 Å². The lowest BCUT2D eigenvalue weighted by Gasteiger charge is -2.28. The monoisotopic (exact) mass is 560 g/mol. The third-order valence-electron chi connectivity index (χ3n) is 7.37. The quantitative estimate of drug-likeness (QED) is 0.199. The number of benzene rings is 3. The number of hydrogen-bond donors (Lipinski definition) is 6. The lowest BCUT2D eigenvalue weighted by Crippen LogP contribution is -2.56. The fraction of sp³-hybridized carbons (Fsp3) is 0.355. The Hall–Kier alpha value is -4.44. The van der Waals surface area contributed by atoms with Crippen molar-refractivity contribution in [1.82, 2.24) is 21.3 Å². The van der Waals surface area contributed by atoms with Gasteiger partial charge in [0.25, 0.3) is 0 Å². The highest BCUT2D eigenvalue weighted by molar-refractivity contribution is 5.92. The van der Waals surface area contributed by atoms with Gasteiger partial charge in [-0.2, -0.15) is 0 Å². The van der Waals surface area contributed by atoms with Crippen molar-refractivity contribution in [3.8, 4) is 0 Å². The molecule has 4 rings (SSSR count). The maximum absolute atomic E-state index is 13.5. The fourth-order valence-corrected chi connectivity index (χ4v) is 5.26. The molecule has 0 aliphatic carbocycles. The summed E-state index contributed by atoms with van der Waals surface area (Å²) >= 11 is 0. The number of nitrogens with one attached hydrogen (secondary N) is 4. The third-order valence-corrected chi connectivity index (χ3v) is 7.37. The summed E-state index contributed by atoms with van der Waals surface area (Å²) in [5.74, 6) is -1.61. The number of fused-ring (bicyclic) bond motifs is 1. The van der Waals surface area contributed by atoms with Crippen LogP contribution in [0, 0.1) is 5.92 Å². The van der Waals surface area contributed by atoms with E-state index in [1.54, 1.807) is 0 Å². The largest absolute Gasteiger partial charge is 0.465 e. The van der Waals surface area contributed by atoms with E-state index in [9.17, 15) is 29.4 Å². The van der Waals surface area contributed by atoms with Gasteiger partial charge in [-0.05, 0) is 41.2 Å². The van der Waals surface area contributed by atoms with Crippen LogP contribution in [0.1, 0.15) is 30.4 Å². The highest BCUT2D eigenvalue weighted by Crippen LogP contribution is 2.20. The summed E-state index contributed by atoms with van der Waals surface area (Å²) in [5.41, 5.74) is 1.57. The molecule has 4 atom stereocenters. The molecule has 0 aromatic heterocycles. The lowest BCUT2D eigenvalue weighted by molar-refractivity contribution is -0.131. The van der Waals surface area contributed by atoms with Gasteiger partial charge in [0.05, 0.1) is 12.6 Å². The summed E-state index contributed by atoms with van der Waals surface area (Å²) in [5, 5.41) is 32.0. The molecule has 0 radical (unpaired) electrons. The average molecular weight is 561 g/mol. The van der Waals surface area contributed by atoms with E-state index in [-0.39, 0.29) is 37.7 Å². The van der Waals surface area contributed by atoms with Crippen LogP contribution in [0.15, 0.2) is 72.8 Å². The summed E-state index contributed by atoms with van der Waals surface area (Å²) in [6.07, 6.45) is 0.623. The zero-order valence-electron chi connectivity index (χ0n) is 22.7. The number of amides is 4. The summed E-state index contributed by atoms with van der Waals surface area (Å²) in [6.45, 7) is 0.243. The van der Waals surface area contributed by atoms with Gasteiger partial charge in [-0.15, -0.1) is 0 Å². The molecular weight excluding hydrogens is 524 g/mol. The number of carboxylic acid groups (broad SMARTS) is 1. The van der Waals surface area contributed by atoms with E-state index >= 15 is 0 Å². The molecule has 3 aromatic carbocycles. The molecule has 0 spiro atoms. The van der Waals surface area contributed by atoms with Crippen LogP contribution in [0.5, 0.6) is 0 Å². The first-order valence-corrected chi connectivity index (χ1v) is 13.8. The van der Waals surface area contributed by atoms with Gasteiger partial charge in [0.15, 0.2) is 0 Å². The van der Waals surface area contributed by atoms with E-state index in [1.165, 1.54) is 0 Å². The molecule has 0 bridgehead atoms. The zero-order valence-corrected chi connectivity index (χ0v) is 22.7. The Morgan fingerprint density at radius 1 is 0.854 bits per heavy atom. The van der Waals surface area contributed by atoms with Gasteiger partial charge in [0.2, 0.25) is 17.7 Å². The average Bonchev–Trinajstić information content (AvgIpc) is 2.97. The Morgan fingerprint density at radius 2 is 1.54 bits per heavy atom. The smallest absolute Gasteiger partial charge is 0.405 e. The van der Waals surface area contributed by atoms with E-state index in [0.29, 0.717) is 13.0 Å². The molecule has 1 aliphatic heterocycles. The standard InChI is InChI=1S/C31H36N4O6/c36-19-24(17-23-13-7-15-32-28(23)37)33-29(38)26(16-20-8-2-1-3-9-20)34-30(39)27(35-31(40)41)18-22-12-6-11-21-10-4-5-14-25(21)22/h1-6,8-12,14,23-24,26-27,35-36H,7,13,15-19H2,(H,32,37)(H,33,38)(H,34,39)(H,40,41). The van der Waals surface area contributed by atoms with Crippen LogP contribution < -0.4 is 21.3 Å². The molecule has 216 valence electrons. The minimum atomic E-state index is -1.36. The predicted molar refractivity (Wildman–Crippen MR) is 154 cm³/mol. The van der Waals surface area contributed by atoms with Gasteiger partial charge >= 0.3 is 6.09 Å². The Balaban J connectivity index is 1.52. The number of piperidine rings is 1. The van der Waals surface area contributed by atoms with Crippen molar-refractivity contribution in [3.05, 3.63) is 83.9 Å². The van der Waals surface area contributed by atoms with E-state index in [4.69, 9.17) is 0 Å². The summed E-state index contributed by atoms with van der Waals surface area (Å²) in [6, 6.07) is 19.5. The highest BCUT2D eigenvalue weighted by Gasteiger charge is 2.31. The van der Waals surface area contributed by atoms with Crippen molar-refractivity contribution >= 4 is 34.6 Å². The van der Waals surface area contributed by atoms with Crippen molar-refractivity contribution in [2.24, 2.45) is 5.92 Å². The summed E-state index contributed by atoms with van der Waals surface area (Å²) in [4.78, 5) is 50.9. The van der Waals surface area contributed by atoms with Gasteiger partial charge in [0.1, 0.15) is 12.1 Å². The number of carbonyl (C=O) groups excluding carboxylic acids is 3. The Labute approximate surface area is 238 Å². The van der Waals surface area contributed by atoms with Gasteiger partial charge in [0, 0.05) is 25.3 Å². The van der Waals surface area contributed by atoms with Crippen LogP contribution in [-0.4, -0.2) is 65.3 Å². The fourth-order valence-electron chi connectivity index (χ4n) is 5.26. The topological polar surface area (TPSA) is 157 Å². The van der Waals surface area contributed by atoms with E-state index < -0.39 is 36.0 Å². The number of aliphatic hydroxyl groups is 1. The lowest BCUT2D eigenvalue weighted by atomic mass is 9.91. The van der Waals surface area contributed by atoms with Gasteiger partial charge in [-0.3, -0.25) is 14.4 Å². The molecule has 4 amide bonds. The number of aliphatic hydroxyl groups excluding tert-OH is 1. The number of hydrogen-bond acceptors (Lipinski definition) is 5. The molecule has 4 unspecified atom stereocenters. The van der Waals surface area contributed by atoms with Crippen LogP contribution in [0.3, 0.4) is 0 Å². The highest BCUT2D eigenvalue weighted by atomic mass is 16.4. The van der Waals surface area contributed by atoms with Gasteiger partial charge in [-0.1, -0.05) is 72.8 Å².